The molecule has 0 bridgehead atoms. The number of hydrogen-bond acceptors (Lipinski definition) is 4. The predicted molar refractivity (Wildman–Crippen MR) is 148 cm³/mol. The van der Waals surface area contributed by atoms with Crippen molar-refractivity contribution in [2.24, 2.45) is 0 Å². The Morgan fingerprint density at radius 3 is 2.44 bits per heavy atom. The van der Waals surface area contributed by atoms with Crippen molar-refractivity contribution in [1.82, 2.24) is 5.32 Å². The number of carboxylic acid groups (broad SMARTS) is 1. The average molecular weight is 506 g/mol. The summed E-state index contributed by atoms with van der Waals surface area (Å²) in [5, 5.41) is 12.3. The smallest absolute Gasteiger partial charge is 0.326 e. The van der Waals surface area contributed by atoms with Crippen LogP contribution in [0.4, 0.5) is 0 Å². The Bertz CT molecular complexity index is 1190. The van der Waals surface area contributed by atoms with Crippen LogP contribution in [0, 0.1) is 13.8 Å². The molecule has 6 heteroatoms. The Balaban J connectivity index is 1.82. The zero-order valence-electron chi connectivity index (χ0n) is 21.4. The van der Waals surface area contributed by atoms with Crippen LogP contribution in [0.3, 0.4) is 0 Å². The van der Waals surface area contributed by atoms with Crippen molar-refractivity contribution in [3.63, 3.8) is 0 Å². The summed E-state index contributed by atoms with van der Waals surface area (Å²) in [6.45, 7) is 6.57. The monoisotopic (exact) mass is 505 g/mol. The minimum Gasteiger partial charge on any atom is -0.480 e. The summed E-state index contributed by atoms with van der Waals surface area (Å²) in [4.78, 5) is 24.9. The van der Waals surface area contributed by atoms with E-state index in [9.17, 15) is 14.7 Å². The van der Waals surface area contributed by atoms with Gasteiger partial charge in [-0.2, -0.15) is 11.8 Å². The van der Waals surface area contributed by atoms with Crippen molar-refractivity contribution in [3.05, 3.63) is 94.5 Å². The van der Waals surface area contributed by atoms with E-state index in [4.69, 9.17) is 4.74 Å². The normalized spacial score (nSPS) is 12.7. The van der Waals surface area contributed by atoms with Gasteiger partial charge in [-0.25, -0.2) is 4.79 Å². The van der Waals surface area contributed by atoms with E-state index >= 15 is 0 Å². The summed E-state index contributed by atoms with van der Waals surface area (Å²) in [6.07, 6.45) is 3.13. The van der Waals surface area contributed by atoms with Crippen LogP contribution < -0.4 is 5.32 Å². The Morgan fingerprint density at radius 1 is 0.972 bits per heavy atom. The fourth-order valence-electron chi connectivity index (χ4n) is 4.17. The third-order valence-corrected chi connectivity index (χ3v) is 6.76. The Labute approximate surface area is 218 Å². The van der Waals surface area contributed by atoms with Gasteiger partial charge in [0.1, 0.15) is 6.04 Å². The number of hydrogen-bond donors (Lipinski definition) is 2. The highest BCUT2D eigenvalue weighted by molar-refractivity contribution is 7.98. The topological polar surface area (TPSA) is 75.6 Å². The average Bonchev–Trinajstić information content (AvgIpc) is 2.85. The maximum absolute atomic E-state index is 13.2. The Hall–Kier alpha value is -3.09. The van der Waals surface area contributed by atoms with Gasteiger partial charge >= 0.3 is 5.97 Å². The lowest BCUT2D eigenvalue weighted by Gasteiger charge is -2.18. The number of carbonyl (C=O) groups is 2. The van der Waals surface area contributed by atoms with E-state index in [0.717, 1.165) is 28.7 Å². The molecular weight excluding hydrogens is 470 g/mol. The molecule has 2 unspecified atom stereocenters. The second kappa shape index (κ2) is 13.3. The summed E-state index contributed by atoms with van der Waals surface area (Å²) in [6, 6.07) is 21.0. The summed E-state index contributed by atoms with van der Waals surface area (Å²) < 4.78 is 6.15. The van der Waals surface area contributed by atoms with E-state index in [2.05, 4.69) is 43.4 Å². The highest BCUT2D eigenvalue weighted by Gasteiger charge is 2.23. The number of nitrogens with one attached hydrogen (secondary N) is 1. The molecule has 0 fully saturated rings. The Morgan fingerprint density at radius 2 is 1.75 bits per heavy atom. The number of aryl methyl sites for hydroxylation is 2. The van der Waals surface area contributed by atoms with E-state index < -0.39 is 12.0 Å². The third kappa shape index (κ3) is 7.70. The van der Waals surface area contributed by atoms with E-state index in [1.54, 1.807) is 17.8 Å². The summed E-state index contributed by atoms with van der Waals surface area (Å²) in [5.74, 6) is -0.761. The molecule has 3 rings (SSSR count). The van der Waals surface area contributed by atoms with Gasteiger partial charge in [0.25, 0.3) is 5.91 Å². The van der Waals surface area contributed by atoms with Crippen LogP contribution in [0.1, 0.15) is 46.0 Å². The number of amides is 1. The number of carbonyl (C=O) groups excluding carboxylic acids is 1. The molecule has 1 amide bonds. The second-order valence-corrected chi connectivity index (χ2v) is 10.1. The zero-order chi connectivity index (χ0) is 26.1. The maximum atomic E-state index is 13.2. The highest BCUT2D eigenvalue weighted by Crippen LogP contribution is 2.29. The van der Waals surface area contributed by atoms with Crippen LogP contribution in [-0.4, -0.2) is 41.1 Å². The molecule has 0 saturated heterocycles. The maximum Gasteiger partial charge on any atom is 0.326 e. The van der Waals surface area contributed by atoms with Crippen LogP contribution in [0.5, 0.6) is 0 Å². The molecule has 3 aromatic carbocycles. The molecule has 0 radical (unpaired) electrons. The quantitative estimate of drug-likeness (QED) is 0.313. The molecule has 0 aliphatic rings. The number of thioether (sulfide) groups is 1. The van der Waals surface area contributed by atoms with E-state index in [0.29, 0.717) is 24.3 Å². The van der Waals surface area contributed by atoms with Crippen molar-refractivity contribution >= 4 is 23.6 Å². The van der Waals surface area contributed by atoms with Gasteiger partial charge in [0.05, 0.1) is 12.7 Å². The lowest BCUT2D eigenvalue weighted by atomic mass is 9.93. The third-order valence-electron chi connectivity index (χ3n) is 6.12. The standard InChI is InChI=1S/C30H35NO4S/c1-20-8-7-10-23(16-20)17-22(3)35-19-24-12-13-26(27(18-24)25-11-6-5-9-21(25)2)29(32)31-28(30(33)34)14-15-36-4/h5-13,16,18,22,28H,14-15,17,19H2,1-4H3,(H,31,32)(H,33,34). The van der Waals surface area contributed by atoms with Crippen molar-refractivity contribution in [3.8, 4) is 11.1 Å². The molecule has 0 heterocycles. The minimum atomic E-state index is -1.03. The lowest BCUT2D eigenvalue weighted by Crippen LogP contribution is -2.41. The fraction of sp³-hybridized carbons (Fsp3) is 0.333. The van der Waals surface area contributed by atoms with Gasteiger partial charge in [0.2, 0.25) is 0 Å². The highest BCUT2D eigenvalue weighted by atomic mass is 32.2. The first-order chi connectivity index (χ1) is 17.3. The number of benzene rings is 3. The molecule has 0 saturated carbocycles. The zero-order valence-corrected chi connectivity index (χ0v) is 22.2. The van der Waals surface area contributed by atoms with Crippen LogP contribution >= 0.6 is 11.8 Å². The van der Waals surface area contributed by atoms with Gasteiger partial charge in [-0.3, -0.25) is 4.79 Å². The molecule has 2 N–H and O–H groups in total. The van der Waals surface area contributed by atoms with Crippen LogP contribution in [-0.2, 0) is 22.6 Å². The minimum absolute atomic E-state index is 0.0319. The first kappa shape index (κ1) is 27.5. The van der Waals surface area contributed by atoms with E-state index in [1.165, 1.54) is 11.1 Å². The van der Waals surface area contributed by atoms with Gasteiger partial charge in [-0.15, -0.1) is 0 Å². The van der Waals surface area contributed by atoms with Crippen molar-refractivity contribution in [2.75, 3.05) is 12.0 Å². The van der Waals surface area contributed by atoms with Gasteiger partial charge in [0, 0.05) is 5.56 Å². The van der Waals surface area contributed by atoms with E-state index in [1.807, 2.05) is 49.6 Å². The first-order valence-corrected chi connectivity index (χ1v) is 13.6. The molecule has 190 valence electrons. The fourth-order valence-corrected chi connectivity index (χ4v) is 4.65. The number of carboxylic acids is 1. The summed E-state index contributed by atoms with van der Waals surface area (Å²) >= 11 is 1.55. The number of ether oxygens (including phenoxy) is 1. The molecular formula is C30H35NO4S. The van der Waals surface area contributed by atoms with Gasteiger partial charge in [-0.05, 0) is 85.6 Å². The van der Waals surface area contributed by atoms with Crippen molar-refractivity contribution in [1.29, 1.82) is 0 Å². The van der Waals surface area contributed by atoms with Crippen molar-refractivity contribution < 1.29 is 19.4 Å². The molecule has 0 aliphatic carbocycles. The van der Waals surface area contributed by atoms with E-state index in [-0.39, 0.29) is 12.0 Å². The van der Waals surface area contributed by atoms with Crippen LogP contribution in [0.25, 0.3) is 11.1 Å². The van der Waals surface area contributed by atoms with Gasteiger partial charge < -0.3 is 15.2 Å². The molecule has 2 atom stereocenters. The molecule has 5 nitrogen and oxygen atoms in total. The molecule has 3 aromatic rings. The first-order valence-electron chi connectivity index (χ1n) is 12.2. The SMILES string of the molecule is CSCCC(NC(=O)c1ccc(COC(C)Cc2cccc(C)c2)cc1-c1ccccc1C)C(=O)O. The second-order valence-electron chi connectivity index (χ2n) is 9.16. The molecule has 0 spiro atoms. The molecule has 36 heavy (non-hydrogen) atoms. The van der Waals surface area contributed by atoms with Gasteiger partial charge in [-0.1, -0.05) is 60.2 Å². The van der Waals surface area contributed by atoms with Crippen LogP contribution in [0.2, 0.25) is 0 Å². The van der Waals surface area contributed by atoms with Crippen molar-refractivity contribution in [2.45, 2.75) is 52.4 Å². The van der Waals surface area contributed by atoms with Gasteiger partial charge in [0.15, 0.2) is 0 Å². The summed E-state index contributed by atoms with van der Waals surface area (Å²) in [7, 11) is 0. The summed E-state index contributed by atoms with van der Waals surface area (Å²) in [5.41, 5.74) is 6.63. The largest absolute Gasteiger partial charge is 0.480 e. The molecule has 0 aromatic heterocycles. The lowest BCUT2D eigenvalue weighted by molar-refractivity contribution is -0.139. The number of rotatable bonds is 12. The van der Waals surface area contributed by atoms with Crippen LogP contribution in [0.15, 0.2) is 66.7 Å². The Kier molecular flexibility index (Phi) is 10.1. The number of aliphatic carboxylic acids is 1. The molecule has 0 aliphatic heterocycles. The predicted octanol–water partition coefficient (Wildman–Crippen LogP) is 6.05.